The van der Waals surface area contributed by atoms with Crippen molar-refractivity contribution in [3.63, 3.8) is 0 Å². The molecular weight excluding hydrogens is 318 g/mol. The number of carbonyl (C=O) groups is 1. The third kappa shape index (κ3) is 4.37. The minimum Gasteiger partial charge on any atom is -0.489 e. The number of nitrogens with zero attached hydrogens (tertiary/aromatic N) is 4. The van der Waals surface area contributed by atoms with Gasteiger partial charge in [-0.1, -0.05) is 12.1 Å². The fourth-order valence-corrected chi connectivity index (χ4v) is 2.69. The van der Waals surface area contributed by atoms with Gasteiger partial charge in [0.05, 0.1) is 11.8 Å². The maximum absolute atomic E-state index is 10.8. The van der Waals surface area contributed by atoms with Crippen LogP contribution in [0.4, 0.5) is 17.5 Å². The van der Waals surface area contributed by atoms with E-state index < -0.39 is 0 Å². The molecule has 2 heterocycles. The number of hydrogen-bond donors (Lipinski definition) is 1. The van der Waals surface area contributed by atoms with Gasteiger partial charge in [0, 0.05) is 32.4 Å². The molecule has 0 radical (unpaired) electrons. The van der Waals surface area contributed by atoms with Gasteiger partial charge in [0.25, 0.3) is 0 Å². The third-order valence-electron chi connectivity index (χ3n) is 3.92. The van der Waals surface area contributed by atoms with Gasteiger partial charge < -0.3 is 19.9 Å². The largest absolute Gasteiger partial charge is 0.489 e. The van der Waals surface area contributed by atoms with E-state index in [0.717, 1.165) is 36.8 Å². The maximum atomic E-state index is 10.8. The number of ether oxygens (including phenoxy) is 1. The zero-order chi connectivity index (χ0) is 17.6. The molecule has 0 bridgehead atoms. The van der Waals surface area contributed by atoms with Gasteiger partial charge >= 0.3 is 0 Å². The first-order valence-corrected chi connectivity index (χ1v) is 8.46. The number of amides is 1. The van der Waals surface area contributed by atoms with Gasteiger partial charge in [-0.3, -0.25) is 4.79 Å². The summed E-state index contributed by atoms with van der Waals surface area (Å²) in [7, 11) is 0. The second kappa shape index (κ2) is 7.83. The zero-order valence-corrected chi connectivity index (χ0v) is 14.6. The SMILES string of the molecule is CC(C)Oc1ccccc1Nc1nccc(N2CCN(C=O)CC2)n1. The van der Waals surface area contributed by atoms with Crippen LogP contribution >= 0.6 is 0 Å². The molecule has 2 aromatic rings. The Kier molecular flexibility index (Phi) is 5.33. The van der Waals surface area contributed by atoms with E-state index in [4.69, 9.17) is 4.74 Å². The predicted molar refractivity (Wildman–Crippen MR) is 97.4 cm³/mol. The van der Waals surface area contributed by atoms with Crippen LogP contribution in [-0.2, 0) is 4.79 Å². The molecule has 25 heavy (non-hydrogen) atoms. The van der Waals surface area contributed by atoms with Crippen LogP contribution in [0.25, 0.3) is 0 Å². The molecule has 1 amide bonds. The van der Waals surface area contributed by atoms with E-state index in [-0.39, 0.29) is 6.10 Å². The summed E-state index contributed by atoms with van der Waals surface area (Å²) in [5.41, 5.74) is 0.833. The lowest BCUT2D eigenvalue weighted by Gasteiger charge is -2.33. The van der Waals surface area contributed by atoms with Crippen LogP contribution in [-0.4, -0.2) is 53.6 Å². The summed E-state index contributed by atoms with van der Waals surface area (Å²) < 4.78 is 5.82. The molecule has 0 saturated carbocycles. The molecular formula is C18H23N5O2. The lowest BCUT2D eigenvalue weighted by Crippen LogP contribution is -2.46. The Hall–Kier alpha value is -2.83. The lowest BCUT2D eigenvalue weighted by atomic mass is 10.3. The van der Waals surface area contributed by atoms with Crippen molar-refractivity contribution in [3.8, 4) is 5.75 Å². The smallest absolute Gasteiger partial charge is 0.229 e. The van der Waals surface area contributed by atoms with Gasteiger partial charge in [-0.05, 0) is 32.0 Å². The number of hydrogen-bond acceptors (Lipinski definition) is 6. The Morgan fingerprint density at radius 3 is 2.64 bits per heavy atom. The quantitative estimate of drug-likeness (QED) is 0.813. The molecule has 1 saturated heterocycles. The molecule has 0 atom stereocenters. The second-order valence-electron chi connectivity index (χ2n) is 6.15. The molecule has 7 nitrogen and oxygen atoms in total. The monoisotopic (exact) mass is 341 g/mol. The summed E-state index contributed by atoms with van der Waals surface area (Å²) >= 11 is 0. The first kappa shape index (κ1) is 17.0. The minimum atomic E-state index is 0.0873. The van der Waals surface area contributed by atoms with E-state index in [1.165, 1.54) is 0 Å². The molecule has 1 aliphatic heterocycles. The molecule has 1 N–H and O–H groups in total. The fourth-order valence-electron chi connectivity index (χ4n) is 2.69. The molecule has 0 aliphatic carbocycles. The summed E-state index contributed by atoms with van der Waals surface area (Å²) in [4.78, 5) is 23.7. The van der Waals surface area contributed by atoms with Gasteiger partial charge in [-0.25, -0.2) is 4.98 Å². The standard InChI is InChI=1S/C18H23N5O2/c1-14(2)25-16-6-4-3-5-15(16)20-18-19-8-7-17(21-18)23-11-9-22(13-24)10-12-23/h3-8,13-14H,9-12H2,1-2H3,(H,19,20,21). The summed E-state index contributed by atoms with van der Waals surface area (Å²) in [6, 6.07) is 9.63. The van der Waals surface area contributed by atoms with E-state index in [0.29, 0.717) is 19.0 Å². The van der Waals surface area contributed by atoms with Gasteiger partial charge in [-0.2, -0.15) is 4.98 Å². The minimum absolute atomic E-state index is 0.0873. The van der Waals surface area contributed by atoms with Crippen LogP contribution in [0.5, 0.6) is 5.75 Å². The first-order chi connectivity index (χ1) is 12.2. The molecule has 0 spiro atoms. The fraction of sp³-hybridized carbons (Fsp3) is 0.389. The number of piperazine rings is 1. The zero-order valence-electron chi connectivity index (χ0n) is 14.6. The average Bonchev–Trinajstić information content (AvgIpc) is 2.63. The number of rotatable bonds is 6. The summed E-state index contributed by atoms with van der Waals surface area (Å²) in [5, 5.41) is 3.24. The normalized spacial score (nSPS) is 14.5. The summed E-state index contributed by atoms with van der Waals surface area (Å²) in [6.07, 6.45) is 2.72. The average molecular weight is 341 g/mol. The summed E-state index contributed by atoms with van der Waals surface area (Å²) in [6.45, 7) is 6.94. The van der Waals surface area contributed by atoms with Crippen molar-refractivity contribution in [2.75, 3.05) is 36.4 Å². The lowest BCUT2D eigenvalue weighted by molar-refractivity contribution is -0.118. The van der Waals surface area contributed by atoms with Crippen molar-refractivity contribution in [1.29, 1.82) is 0 Å². The van der Waals surface area contributed by atoms with E-state index in [9.17, 15) is 4.79 Å². The van der Waals surface area contributed by atoms with E-state index >= 15 is 0 Å². The molecule has 132 valence electrons. The number of para-hydroxylation sites is 2. The number of benzene rings is 1. The highest BCUT2D eigenvalue weighted by Gasteiger charge is 2.17. The topological polar surface area (TPSA) is 70.6 Å². The van der Waals surface area contributed by atoms with Crippen molar-refractivity contribution >= 4 is 23.9 Å². The third-order valence-corrected chi connectivity index (χ3v) is 3.92. The van der Waals surface area contributed by atoms with Gasteiger partial charge in [0.2, 0.25) is 12.4 Å². The van der Waals surface area contributed by atoms with Crippen LogP contribution in [0.15, 0.2) is 36.5 Å². The van der Waals surface area contributed by atoms with Gasteiger partial charge in [0.15, 0.2) is 0 Å². The Morgan fingerprint density at radius 2 is 1.92 bits per heavy atom. The molecule has 0 unspecified atom stereocenters. The molecule has 1 aliphatic rings. The molecule has 1 aromatic heterocycles. The Morgan fingerprint density at radius 1 is 1.16 bits per heavy atom. The molecule has 7 heteroatoms. The highest BCUT2D eigenvalue weighted by Crippen LogP contribution is 2.27. The van der Waals surface area contributed by atoms with Crippen molar-refractivity contribution < 1.29 is 9.53 Å². The highest BCUT2D eigenvalue weighted by molar-refractivity contribution is 5.63. The molecule has 3 rings (SSSR count). The summed E-state index contributed by atoms with van der Waals surface area (Å²) in [5.74, 6) is 2.14. The van der Waals surface area contributed by atoms with E-state index in [2.05, 4.69) is 20.2 Å². The van der Waals surface area contributed by atoms with Crippen LogP contribution in [0.2, 0.25) is 0 Å². The van der Waals surface area contributed by atoms with Crippen molar-refractivity contribution in [3.05, 3.63) is 36.5 Å². The van der Waals surface area contributed by atoms with Crippen molar-refractivity contribution in [2.45, 2.75) is 20.0 Å². The first-order valence-electron chi connectivity index (χ1n) is 8.46. The van der Waals surface area contributed by atoms with Crippen LogP contribution in [0.1, 0.15) is 13.8 Å². The maximum Gasteiger partial charge on any atom is 0.229 e. The predicted octanol–water partition coefficient (Wildman–Crippen LogP) is 2.29. The Balaban J connectivity index is 1.73. The Labute approximate surface area is 147 Å². The number of nitrogens with one attached hydrogen (secondary N) is 1. The van der Waals surface area contributed by atoms with Crippen molar-refractivity contribution in [2.24, 2.45) is 0 Å². The van der Waals surface area contributed by atoms with Gasteiger partial charge in [-0.15, -0.1) is 0 Å². The van der Waals surface area contributed by atoms with Crippen molar-refractivity contribution in [1.82, 2.24) is 14.9 Å². The highest BCUT2D eigenvalue weighted by atomic mass is 16.5. The van der Waals surface area contributed by atoms with Crippen LogP contribution in [0.3, 0.4) is 0 Å². The molecule has 1 fully saturated rings. The number of carbonyl (C=O) groups excluding carboxylic acids is 1. The van der Waals surface area contributed by atoms with E-state index in [1.807, 2.05) is 44.2 Å². The van der Waals surface area contributed by atoms with Crippen LogP contribution in [0, 0.1) is 0 Å². The second-order valence-corrected chi connectivity index (χ2v) is 6.15. The van der Waals surface area contributed by atoms with Crippen LogP contribution < -0.4 is 15.0 Å². The van der Waals surface area contributed by atoms with Gasteiger partial charge in [0.1, 0.15) is 11.6 Å². The van der Waals surface area contributed by atoms with E-state index in [1.54, 1.807) is 11.1 Å². The number of anilines is 3. The molecule has 1 aromatic carbocycles. The Bertz CT molecular complexity index is 714. The number of aromatic nitrogens is 2.